The highest BCUT2D eigenvalue weighted by Gasteiger charge is 2.26. The molecule has 0 aliphatic carbocycles. The van der Waals surface area contributed by atoms with E-state index < -0.39 is 6.23 Å². The molecule has 1 aliphatic rings. The molecule has 14 heavy (non-hydrogen) atoms. The SMILES string of the molecule is CCCCCC1N=C(C(C)C)NC1O. The average Bonchev–Trinajstić information content (AvgIpc) is 2.49. The van der Waals surface area contributed by atoms with Crippen molar-refractivity contribution >= 4 is 5.84 Å². The van der Waals surface area contributed by atoms with Crippen LogP contribution < -0.4 is 5.32 Å². The van der Waals surface area contributed by atoms with Gasteiger partial charge in [-0.2, -0.15) is 0 Å². The van der Waals surface area contributed by atoms with Gasteiger partial charge in [0.25, 0.3) is 0 Å². The third-order valence-electron chi connectivity index (χ3n) is 2.62. The largest absolute Gasteiger partial charge is 0.371 e. The molecule has 2 N–H and O–H groups in total. The van der Waals surface area contributed by atoms with E-state index >= 15 is 0 Å². The third kappa shape index (κ3) is 2.98. The lowest BCUT2D eigenvalue weighted by Crippen LogP contribution is -2.35. The van der Waals surface area contributed by atoms with Gasteiger partial charge in [-0.1, -0.05) is 40.0 Å². The Hall–Kier alpha value is -0.570. The van der Waals surface area contributed by atoms with Gasteiger partial charge < -0.3 is 10.4 Å². The maximum Gasteiger partial charge on any atom is 0.148 e. The fourth-order valence-electron chi connectivity index (χ4n) is 1.68. The first-order valence-electron chi connectivity index (χ1n) is 5.67. The number of nitrogens with one attached hydrogen (secondary N) is 1. The molecule has 0 bridgehead atoms. The van der Waals surface area contributed by atoms with Crippen molar-refractivity contribution in [3.8, 4) is 0 Å². The third-order valence-corrected chi connectivity index (χ3v) is 2.62. The fraction of sp³-hybridized carbons (Fsp3) is 0.909. The summed E-state index contributed by atoms with van der Waals surface area (Å²) in [5, 5.41) is 12.7. The summed E-state index contributed by atoms with van der Waals surface area (Å²) in [5.74, 6) is 1.35. The van der Waals surface area contributed by atoms with Gasteiger partial charge in [-0.05, 0) is 6.42 Å². The molecule has 0 radical (unpaired) electrons. The van der Waals surface area contributed by atoms with Crippen molar-refractivity contribution in [1.82, 2.24) is 5.32 Å². The number of nitrogens with zero attached hydrogens (tertiary/aromatic N) is 1. The summed E-state index contributed by atoms with van der Waals surface area (Å²) in [5.41, 5.74) is 0. The molecule has 2 atom stereocenters. The quantitative estimate of drug-likeness (QED) is 0.663. The van der Waals surface area contributed by atoms with E-state index in [1.165, 1.54) is 12.8 Å². The molecular formula is C11H22N2O. The maximum atomic E-state index is 9.68. The molecule has 2 unspecified atom stereocenters. The van der Waals surface area contributed by atoms with Crippen LogP contribution in [0.3, 0.4) is 0 Å². The van der Waals surface area contributed by atoms with Crippen molar-refractivity contribution in [1.29, 1.82) is 0 Å². The number of hydrogen-bond donors (Lipinski definition) is 2. The van der Waals surface area contributed by atoms with Crippen molar-refractivity contribution in [2.24, 2.45) is 10.9 Å². The van der Waals surface area contributed by atoms with Gasteiger partial charge >= 0.3 is 0 Å². The Balaban J connectivity index is 2.37. The Labute approximate surface area is 86.6 Å². The molecule has 0 aromatic rings. The molecule has 0 fully saturated rings. The first kappa shape index (κ1) is 11.5. The molecule has 0 saturated carbocycles. The molecule has 0 saturated heterocycles. The van der Waals surface area contributed by atoms with Crippen LogP contribution in [-0.4, -0.2) is 23.2 Å². The maximum absolute atomic E-state index is 9.68. The zero-order chi connectivity index (χ0) is 10.6. The topological polar surface area (TPSA) is 44.6 Å². The van der Waals surface area contributed by atoms with Gasteiger partial charge in [-0.3, -0.25) is 4.99 Å². The van der Waals surface area contributed by atoms with Gasteiger partial charge in [-0.15, -0.1) is 0 Å². The number of aliphatic hydroxyl groups is 1. The molecule has 0 amide bonds. The lowest BCUT2D eigenvalue weighted by Gasteiger charge is -2.12. The predicted octanol–water partition coefficient (Wildman–Crippen LogP) is 1.91. The zero-order valence-corrected chi connectivity index (χ0v) is 9.45. The van der Waals surface area contributed by atoms with E-state index in [2.05, 4.69) is 31.1 Å². The molecule has 1 heterocycles. The lowest BCUT2D eigenvalue weighted by molar-refractivity contribution is 0.137. The summed E-state index contributed by atoms with van der Waals surface area (Å²) in [7, 11) is 0. The molecule has 0 aromatic carbocycles. The van der Waals surface area contributed by atoms with Crippen molar-refractivity contribution in [3.63, 3.8) is 0 Å². The monoisotopic (exact) mass is 198 g/mol. The number of aliphatic hydroxyl groups excluding tert-OH is 1. The minimum atomic E-state index is -0.454. The first-order chi connectivity index (χ1) is 6.65. The molecule has 0 aromatic heterocycles. The van der Waals surface area contributed by atoms with Crippen LogP contribution in [-0.2, 0) is 0 Å². The van der Waals surface area contributed by atoms with Gasteiger partial charge in [0.1, 0.15) is 12.1 Å². The summed E-state index contributed by atoms with van der Waals surface area (Å²) in [6.45, 7) is 6.37. The second-order valence-corrected chi connectivity index (χ2v) is 4.32. The minimum absolute atomic E-state index is 0.0824. The molecule has 1 rings (SSSR count). The zero-order valence-electron chi connectivity index (χ0n) is 9.45. The Morgan fingerprint density at radius 3 is 2.64 bits per heavy atom. The van der Waals surface area contributed by atoms with E-state index in [1.54, 1.807) is 0 Å². The van der Waals surface area contributed by atoms with E-state index in [9.17, 15) is 5.11 Å². The van der Waals surface area contributed by atoms with Crippen molar-refractivity contribution < 1.29 is 5.11 Å². The molecule has 1 aliphatic heterocycles. The van der Waals surface area contributed by atoms with Crippen LogP contribution in [0, 0.1) is 5.92 Å². The number of unbranched alkanes of at least 4 members (excludes halogenated alkanes) is 2. The van der Waals surface area contributed by atoms with Crippen LogP contribution in [0.15, 0.2) is 4.99 Å². The highest BCUT2D eigenvalue weighted by atomic mass is 16.3. The molecule has 82 valence electrons. The minimum Gasteiger partial charge on any atom is -0.371 e. The second-order valence-electron chi connectivity index (χ2n) is 4.32. The van der Waals surface area contributed by atoms with E-state index in [0.29, 0.717) is 5.92 Å². The van der Waals surface area contributed by atoms with Crippen LogP contribution >= 0.6 is 0 Å². The van der Waals surface area contributed by atoms with Crippen molar-refractivity contribution in [3.05, 3.63) is 0 Å². The number of amidine groups is 1. The van der Waals surface area contributed by atoms with E-state index in [-0.39, 0.29) is 6.04 Å². The Morgan fingerprint density at radius 2 is 2.14 bits per heavy atom. The summed E-state index contributed by atoms with van der Waals surface area (Å²) >= 11 is 0. The summed E-state index contributed by atoms with van der Waals surface area (Å²) in [4.78, 5) is 4.50. The predicted molar refractivity (Wildman–Crippen MR) is 59.3 cm³/mol. The standard InChI is InChI=1S/C11H22N2O/c1-4-5-6-7-9-11(14)13-10(12-9)8(2)3/h8-9,11,14H,4-7H2,1-3H3,(H,12,13). The summed E-state index contributed by atoms with van der Waals surface area (Å²) in [6.07, 6.45) is 4.16. The highest BCUT2D eigenvalue weighted by molar-refractivity contribution is 5.85. The molecular weight excluding hydrogens is 176 g/mol. The van der Waals surface area contributed by atoms with E-state index in [1.807, 2.05) is 0 Å². The summed E-state index contributed by atoms with van der Waals surface area (Å²) < 4.78 is 0. The van der Waals surface area contributed by atoms with Gasteiger partial charge in [-0.25, -0.2) is 0 Å². The van der Waals surface area contributed by atoms with Gasteiger partial charge in [0.15, 0.2) is 0 Å². The van der Waals surface area contributed by atoms with Crippen molar-refractivity contribution in [2.45, 2.75) is 58.7 Å². The van der Waals surface area contributed by atoms with Crippen LogP contribution in [0.1, 0.15) is 46.5 Å². The van der Waals surface area contributed by atoms with Crippen LogP contribution in [0.5, 0.6) is 0 Å². The average molecular weight is 198 g/mol. The number of hydrogen-bond acceptors (Lipinski definition) is 3. The number of rotatable bonds is 5. The smallest absolute Gasteiger partial charge is 0.148 e. The lowest BCUT2D eigenvalue weighted by atomic mass is 10.1. The Kier molecular flexibility index (Phi) is 4.39. The van der Waals surface area contributed by atoms with Crippen LogP contribution in [0.2, 0.25) is 0 Å². The van der Waals surface area contributed by atoms with Crippen LogP contribution in [0.4, 0.5) is 0 Å². The fourth-order valence-corrected chi connectivity index (χ4v) is 1.68. The molecule has 0 spiro atoms. The Bertz CT molecular complexity index is 201. The molecule has 3 nitrogen and oxygen atoms in total. The summed E-state index contributed by atoms with van der Waals surface area (Å²) in [6, 6.07) is 0.0824. The van der Waals surface area contributed by atoms with E-state index in [0.717, 1.165) is 18.7 Å². The van der Waals surface area contributed by atoms with Gasteiger partial charge in [0.05, 0.1) is 6.04 Å². The van der Waals surface area contributed by atoms with Gasteiger partial charge in [0, 0.05) is 5.92 Å². The second kappa shape index (κ2) is 5.35. The molecule has 3 heteroatoms. The highest BCUT2D eigenvalue weighted by Crippen LogP contribution is 2.16. The van der Waals surface area contributed by atoms with Crippen molar-refractivity contribution in [2.75, 3.05) is 0 Å². The Morgan fingerprint density at radius 1 is 1.43 bits per heavy atom. The first-order valence-corrected chi connectivity index (χ1v) is 5.67. The normalized spacial score (nSPS) is 26.5. The van der Waals surface area contributed by atoms with Gasteiger partial charge in [0.2, 0.25) is 0 Å². The van der Waals surface area contributed by atoms with Crippen LogP contribution in [0.25, 0.3) is 0 Å². The van der Waals surface area contributed by atoms with E-state index in [4.69, 9.17) is 0 Å². The number of aliphatic imine (C=N–C) groups is 1.